The minimum atomic E-state index is -0.589. The van der Waals surface area contributed by atoms with Crippen LogP contribution in [0.15, 0.2) is 35.3 Å². The summed E-state index contributed by atoms with van der Waals surface area (Å²) in [5.74, 6) is 0.799. The molecule has 0 bridgehead atoms. The maximum absolute atomic E-state index is 13.0. The Labute approximate surface area is 179 Å². The Balaban J connectivity index is 0.00000256. The molecule has 9 nitrogen and oxygen atoms in total. The number of rotatable bonds is 5. The summed E-state index contributed by atoms with van der Waals surface area (Å²) in [5, 5.41) is 8.00. The number of piperazine rings is 1. The van der Waals surface area contributed by atoms with E-state index in [1.54, 1.807) is 14.0 Å². The number of anilines is 1. The van der Waals surface area contributed by atoms with E-state index in [2.05, 4.69) is 20.3 Å². The molecular weight excluding hydrogens is 410 g/mol. The van der Waals surface area contributed by atoms with Gasteiger partial charge in [-0.1, -0.05) is 12.1 Å². The normalized spacial score (nSPS) is 13.7. The molecule has 10 heteroatoms. The molecule has 2 aromatic heterocycles. The van der Waals surface area contributed by atoms with Crippen molar-refractivity contribution in [3.05, 3.63) is 46.5 Å². The number of H-pyrrole nitrogens is 1. The highest BCUT2D eigenvalue weighted by atomic mass is 35.5. The lowest BCUT2D eigenvalue weighted by Crippen LogP contribution is -2.43. The fraction of sp³-hybridized carbons (Fsp3) is 0.350. The van der Waals surface area contributed by atoms with Crippen LogP contribution in [0.25, 0.3) is 16.6 Å². The molecule has 1 fully saturated rings. The summed E-state index contributed by atoms with van der Waals surface area (Å²) >= 11 is 0. The summed E-state index contributed by atoms with van der Waals surface area (Å²) in [4.78, 5) is 29.9. The number of nitrogens with zero attached hydrogens (tertiary/aromatic N) is 3. The van der Waals surface area contributed by atoms with E-state index in [-0.39, 0.29) is 24.7 Å². The Morgan fingerprint density at radius 1 is 1.27 bits per heavy atom. The van der Waals surface area contributed by atoms with Crippen LogP contribution in [-0.2, 0) is 4.74 Å². The smallest absolute Gasteiger partial charge is 0.356 e. The van der Waals surface area contributed by atoms with Crippen molar-refractivity contribution in [2.45, 2.75) is 6.92 Å². The Morgan fingerprint density at radius 2 is 2.03 bits per heavy atom. The van der Waals surface area contributed by atoms with Crippen LogP contribution in [0, 0.1) is 0 Å². The van der Waals surface area contributed by atoms with Crippen molar-refractivity contribution < 1.29 is 14.3 Å². The second-order valence-corrected chi connectivity index (χ2v) is 6.68. The van der Waals surface area contributed by atoms with Gasteiger partial charge in [-0.05, 0) is 24.6 Å². The molecular formula is C20H24ClN5O4. The van der Waals surface area contributed by atoms with Crippen molar-refractivity contribution in [1.82, 2.24) is 19.9 Å². The summed E-state index contributed by atoms with van der Waals surface area (Å²) in [6.45, 7) is 5.13. The number of aromatic amines is 1. The number of carbonyl (C=O) groups excluding carboxylic acids is 1. The predicted molar refractivity (Wildman–Crippen MR) is 116 cm³/mol. The van der Waals surface area contributed by atoms with E-state index in [4.69, 9.17) is 9.47 Å². The molecule has 1 aliphatic heterocycles. The number of halogens is 1. The van der Waals surface area contributed by atoms with Crippen LogP contribution in [0.3, 0.4) is 0 Å². The highest BCUT2D eigenvalue weighted by molar-refractivity contribution is 5.92. The minimum Gasteiger partial charge on any atom is -0.497 e. The van der Waals surface area contributed by atoms with Gasteiger partial charge in [0.05, 0.1) is 25.5 Å². The number of benzene rings is 1. The fourth-order valence-electron chi connectivity index (χ4n) is 3.52. The van der Waals surface area contributed by atoms with E-state index in [9.17, 15) is 9.59 Å². The Morgan fingerprint density at radius 3 is 2.73 bits per heavy atom. The molecule has 0 saturated carbocycles. The third-order valence-corrected chi connectivity index (χ3v) is 4.88. The zero-order valence-electron chi connectivity index (χ0n) is 16.8. The molecule has 0 radical (unpaired) electrons. The monoisotopic (exact) mass is 433 g/mol. The number of methoxy groups -OCH3 is 1. The van der Waals surface area contributed by atoms with Crippen LogP contribution in [0.2, 0.25) is 0 Å². The van der Waals surface area contributed by atoms with Crippen molar-refractivity contribution in [1.29, 1.82) is 0 Å². The standard InChI is InChI=1S/C20H23N5O4.ClH/c1-3-29-20(27)15-12-25-17(19(26)22-15)16(13-5-4-6-14(11-13)28-2)18(23-25)24-9-7-21-8-10-24;/h4-6,11-12,21H,3,7-10H2,1-2H3,(H,22,26);1H. The number of aromatic nitrogens is 3. The molecule has 2 N–H and O–H groups in total. The SMILES string of the molecule is CCOC(=O)c1cn2nc(N3CCNCC3)c(-c3cccc(OC)c3)c2c(=O)[nH]1.Cl. The molecule has 30 heavy (non-hydrogen) atoms. The van der Waals surface area contributed by atoms with Gasteiger partial charge in [0, 0.05) is 26.2 Å². The lowest BCUT2D eigenvalue weighted by molar-refractivity contribution is 0.0518. The van der Waals surface area contributed by atoms with Crippen molar-refractivity contribution in [3.8, 4) is 16.9 Å². The summed E-state index contributed by atoms with van der Waals surface area (Å²) in [7, 11) is 1.60. The molecule has 3 aromatic rings. The van der Waals surface area contributed by atoms with Gasteiger partial charge in [-0.2, -0.15) is 0 Å². The summed E-state index contributed by atoms with van der Waals surface area (Å²) < 4.78 is 11.8. The number of fused-ring (bicyclic) bond motifs is 1. The third-order valence-electron chi connectivity index (χ3n) is 4.88. The van der Waals surface area contributed by atoms with Crippen LogP contribution >= 0.6 is 12.4 Å². The first-order valence-electron chi connectivity index (χ1n) is 9.55. The molecule has 0 spiro atoms. The quantitative estimate of drug-likeness (QED) is 0.590. The van der Waals surface area contributed by atoms with Crippen molar-refractivity contribution in [2.75, 3.05) is 44.8 Å². The number of esters is 1. The topological polar surface area (TPSA) is 101 Å². The van der Waals surface area contributed by atoms with Crippen LogP contribution in [-0.4, -0.2) is 60.5 Å². The molecule has 0 aliphatic carbocycles. The van der Waals surface area contributed by atoms with Crippen LogP contribution in [0.1, 0.15) is 17.4 Å². The summed E-state index contributed by atoms with van der Waals surface area (Å²) in [6, 6.07) is 7.52. The average molecular weight is 434 g/mol. The molecule has 0 atom stereocenters. The Kier molecular flexibility index (Phi) is 6.63. The van der Waals surface area contributed by atoms with E-state index in [1.807, 2.05) is 24.3 Å². The van der Waals surface area contributed by atoms with Crippen molar-refractivity contribution >= 4 is 29.7 Å². The van der Waals surface area contributed by atoms with Gasteiger partial charge in [-0.3, -0.25) is 4.79 Å². The predicted octanol–water partition coefficient (Wildman–Crippen LogP) is 1.71. The summed E-state index contributed by atoms with van der Waals surface area (Å²) in [6.07, 6.45) is 1.50. The second kappa shape index (κ2) is 9.19. The highest BCUT2D eigenvalue weighted by Gasteiger charge is 2.25. The zero-order chi connectivity index (χ0) is 20.4. The molecule has 0 amide bonds. The molecule has 3 heterocycles. The number of hydrogen-bond acceptors (Lipinski definition) is 7. The lowest BCUT2D eigenvalue weighted by atomic mass is 10.1. The summed E-state index contributed by atoms with van der Waals surface area (Å²) in [5.41, 5.74) is 1.57. The maximum Gasteiger partial charge on any atom is 0.356 e. The molecule has 4 rings (SSSR count). The Hall–Kier alpha value is -3.04. The maximum atomic E-state index is 13.0. The second-order valence-electron chi connectivity index (χ2n) is 6.68. The lowest BCUT2D eigenvalue weighted by Gasteiger charge is -2.28. The number of hydrogen-bond donors (Lipinski definition) is 2. The zero-order valence-corrected chi connectivity index (χ0v) is 17.6. The van der Waals surface area contributed by atoms with Gasteiger partial charge in [0.1, 0.15) is 17.0 Å². The van der Waals surface area contributed by atoms with Crippen LogP contribution in [0.5, 0.6) is 5.75 Å². The van der Waals surface area contributed by atoms with Gasteiger partial charge >= 0.3 is 5.97 Å². The number of nitrogens with one attached hydrogen (secondary N) is 2. The first-order valence-corrected chi connectivity index (χ1v) is 9.55. The molecule has 1 aromatic carbocycles. The first kappa shape index (κ1) is 21.7. The molecule has 160 valence electrons. The van der Waals surface area contributed by atoms with Gasteiger partial charge in [-0.15, -0.1) is 17.5 Å². The molecule has 1 saturated heterocycles. The van der Waals surface area contributed by atoms with Crippen LogP contribution in [0.4, 0.5) is 5.82 Å². The van der Waals surface area contributed by atoms with E-state index in [1.165, 1.54) is 10.7 Å². The van der Waals surface area contributed by atoms with Gasteiger partial charge < -0.3 is 24.7 Å². The number of ether oxygens (including phenoxy) is 2. The van der Waals surface area contributed by atoms with Gasteiger partial charge in [0.15, 0.2) is 5.82 Å². The fourth-order valence-corrected chi connectivity index (χ4v) is 3.52. The average Bonchev–Trinajstić information content (AvgIpc) is 3.15. The van der Waals surface area contributed by atoms with Crippen molar-refractivity contribution in [2.24, 2.45) is 0 Å². The third kappa shape index (κ3) is 3.99. The van der Waals surface area contributed by atoms with Gasteiger partial charge in [-0.25, -0.2) is 9.31 Å². The minimum absolute atomic E-state index is 0. The molecule has 1 aliphatic rings. The van der Waals surface area contributed by atoms with Crippen LogP contribution < -0.4 is 20.5 Å². The highest BCUT2D eigenvalue weighted by Crippen LogP contribution is 2.34. The number of carbonyl (C=O) groups is 1. The van der Waals surface area contributed by atoms with Gasteiger partial charge in [0.2, 0.25) is 0 Å². The van der Waals surface area contributed by atoms with E-state index >= 15 is 0 Å². The Bertz CT molecular complexity index is 1100. The van der Waals surface area contributed by atoms with Gasteiger partial charge in [0.25, 0.3) is 5.56 Å². The first-order chi connectivity index (χ1) is 14.1. The molecule has 0 unspecified atom stereocenters. The largest absolute Gasteiger partial charge is 0.497 e. The van der Waals surface area contributed by atoms with Crippen molar-refractivity contribution in [3.63, 3.8) is 0 Å². The van der Waals surface area contributed by atoms with E-state index < -0.39 is 11.5 Å². The van der Waals surface area contributed by atoms with E-state index in [0.29, 0.717) is 22.6 Å². The van der Waals surface area contributed by atoms with E-state index in [0.717, 1.165) is 31.7 Å².